The average molecular weight is 261 g/mol. The van der Waals surface area contributed by atoms with Crippen molar-refractivity contribution in [2.45, 2.75) is 13.0 Å². The number of nitro groups is 1. The lowest BCUT2D eigenvalue weighted by Crippen LogP contribution is -2.09. The summed E-state index contributed by atoms with van der Waals surface area (Å²) in [6, 6.07) is 7.38. The molecule has 6 heteroatoms. The van der Waals surface area contributed by atoms with Crippen molar-refractivity contribution >= 4 is 11.4 Å². The van der Waals surface area contributed by atoms with Crippen LogP contribution in [0.3, 0.4) is 0 Å². The normalized spacial score (nSPS) is 11.9. The molecule has 0 radical (unpaired) electrons. The molecule has 0 aliphatic heterocycles. The molecule has 1 atom stereocenters. The molecule has 0 aliphatic carbocycles. The van der Waals surface area contributed by atoms with Gasteiger partial charge in [-0.25, -0.2) is 0 Å². The van der Waals surface area contributed by atoms with E-state index in [1.54, 1.807) is 18.5 Å². The number of anilines is 1. The largest absolute Gasteiger partial charge is 0.373 e. The summed E-state index contributed by atoms with van der Waals surface area (Å²) in [6.45, 7) is 1.83. The molecule has 19 heavy (non-hydrogen) atoms. The fourth-order valence-corrected chi connectivity index (χ4v) is 1.77. The van der Waals surface area contributed by atoms with Gasteiger partial charge in [-0.2, -0.15) is 4.39 Å². The summed E-state index contributed by atoms with van der Waals surface area (Å²) in [7, 11) is 0. The molecule has 1 aromatic carbocycles. The molecule has 0 bridgehead atoms. The van der Waals surface area contributed by atoms with Crippen LogP contribution in [0.2, 0.25) is 0 Å². The third-order valence-corrected chi connectivity index (χ3v) is 2.73. The molecule has 0 saturated carbocycles. The Kier molecular flexibility index (Phi) is 3.70. The maximum Gasteiger partial charge on any atom is 0.327 e. The number of hydrogen-bond donors (Lipinski definition) is 1. The molecule has 0 amide bonds. The molecule has 1 unspecified atom stereocenters. The van der Waals surface area contributed by atoms with Crippen LogP contribution in [0.15, 0.2) is 42.7 Å². The van der Waals surface area contributed by atoms with Crippen LogP contribution in [-0.2, 0) is 0 Å². The van der Waals surface area contributed by atoms with Crippen molar-refractivity contribution in [2.24, 2.45) is 0 Å². The smallest absolute Gasteiger partial charge is 0.327 e. The van der Waals surface area contributed by atoms with E-state index in [0.717, 1.165) is 11.6 Å². The summed E-state index contributed by atoms with van der Waals surface area (Å²) in [5, 5.41) is 13.8. The van der Waals surface area contributed by atoms with Crippen LogP contribution < -0.4 is 5.32 Å². The molecule has 1 heterocycles. The zero-order valence-electron chi connectivity index (χ0n) is 10.2. The van der Waals surface area contributed by atoms with Crippen LogP contribution in [-0.4, -0.2) is 9.91 Å². The first-order chi connectivity index (χ1) is 9.09. The SMILES string of the molecule is CC(Nc1cccc(F)c1[N+](=O)[O-])c1cccnc1. The van der Waals surface area contributed by atoms with Gasteiger partial charge in [0, 0.05) is 12.4 Å². The second-order valence-electron chi connectivity index (χ2n) is 4.05. The van der Waals surface area contributed by atoms with E-state index in [1.165, 1.54) is 12.1 Å². The summed E-state index contributed by atoms with van der Waals surface area (Å²) in [5.74, 6) is -0.853. The highest BCUT2D eigenvalue weighted by molar-refractivity contribution is 5.62. The number of rotatable bonds is 4. The van der Waals surface area contributed by atoms with E-state index in [1.807, 2.05) is 13.0 Å². The highest BCUT2D eigenvalue weighted by Gasteiger charge is 2.21. The number of nitrogens with one attached hydrogen (secondary N) is 1. The van der Waals surface area contributed by atoms with Gasteiger partial charge in [-0.15, -0.1) is 0 Å². The molecule has 1 N–H and O–H groups in total. The maximum absolute atomic E-state index is 13.5. The second-order valence-corrected chi connectivity index (χ2v) is 4.05. The Bertz CT molecular complexity index is 590. The summed E-state index contributed by atoms with van der Waals surface area (Å²) in [4.78, 5) is 14.1. The predicted octanol–water partition coefficient (Wildman–Crippen LogP) is 3.30. The number of nitrogens with zero attached hydrogens (tertiary/aromatic N) is 2. The highest BCUT2D eigenvalue weighted by Crippen LogP contribution is 2.30. The van der Waals surface area contributed by atoms with E-state index < -0.39 is 16.4 Å². The highest BCUT2D eigenvalue weighted by atomic mass is 19.1. The van der Waals surface area contributed by atoms with Gasteiger partial charge in [0.2, 0.25) is 5.82 Å². The molecule has 98 valence electrons. The molecule has 0 spiro atoms. The van der Waals surface area contributed by atoms with Crippen molar-refractivity contribution in [2.75, 3.05) is 5.32 Å². The van der Waals surface area contributed by atoms with Gasteiger partial charge in [-0.05, 0) is 30.7 Å². The van der Waals surface area contributed by atoms with E-state index in [0.29, 0.717) is 0 Å². The van der Waals surface area contributed by atoms with E-state index in [9.17, 15) is 14.5 Å². The van der Waals surface area contributed by atoms with Crippen LogP contribution in [0.4, 0.5) is 15.8 Å². The lowest BCUT2D eigenvalue weighted by atomic mass is 10.1. The van der Waals surface area contributed by atoms with Crippen molar-refractivity contribution < 1.29 is 9.31 Å². The lowest BCUT2D eigenvalue weighted by molar-refractivity contribution is -0.386. The lowest BCUT2D eigenvalue weighted by Gasteiger charge is -2.15. The van der Waals surface area contributed by atoms with Gasteiger partial charge in [0.05, 0.1) is 11.0 Å². The van der Waals surface area contributed by atoms with E-state index in [4.69, 9.17) is 0 Å². The molecule has 2 aromatic rings. The molecule has 2 rings (SSSR count). The minimum absolute atomic E-state index is 0.154. The average Bonchev–Trinajstić information content (AvgIpc) is 2.39. The standard InChI is InChI=1S/C13H12FN3O2/c1-9(10-4-3-7-15-8-10)16-12-6-2-5-11(14)13(12)17(18)19/h2-9,16H,1H3. The summed E-state index contributed by atoms with van der Waals surface area (Å²) < 4.78 is 13.5. The number of nitro benzene ring substituents is 1. The number of aromatic nitrogens is 1. The minimum Gasteiger partial charge on any atom is -0.373 e. The Balaban J connectivity index is 2.29. The van der Waals surface area contributed by atoms with Crippen molar-refractivity contribution in [3.63, 3.8) is 0 Å². The Morgan fingerprint density at radius 2 is 2.16 bits per heavy atom. The summed E-state index contributed by atoms with van der Waals surface area (Å²) in [5.41, 5.74) is 0.473. The zero-order valence-corrected chi connectivity index (χ0v) is 10.2. The first kappa shape index (κ1) is 12.9. The van der Waals surface area contributed by atoms with Crippen molar-refractivity contribution in [1.29, 1.82) is 0 Å². The van der Waals surface area contributed by atoms with Crippen LogP contribution in [0, 0.1) is 15.9 Å². The Labute approximate surface area is 109 Å². The fraction of sp³-hybridized carbons (Fsp3) is 0.154. The van der Waals surface area contributed by atoms with E-state index in [2.05, 4.69) is 10.3 Å². The molecule has 0 saturated heterocycles. The first-order valence-corrected chi connectivity index (χ1v) is 5.69. The van der Waals surface area contributed by atoms with Crippen LogP contribution in [0.5, 0.6) is 0 Å². The summed E-state index contributed by atoms with van der Waals surface area (Å²) >= 11 is 0. The molecule has 0 fully saturated rings. The van der Waals surface area contributed by atoms with Gasteiger partial charge in [-0.3, -0.25) is 15.1 Å². The van der Waals surface area contributed by atoms with Crippen molar-refractivity contribution in [3.05, 3.63) is 64.2 Å². The summed E-state index contributed by atoms with van der Waals surface area (Å²) in [6.07, 6.45) is 3.30. The van der Waals surface area contributed by atoms with Gasteiger partial charge >= 0.3 is 5.69 Å². The number of benzene rings is 1. The number of pyridine rings is 1. The quantitative estimate of drug-likeness (QED) is 0.677. The molecule has 5 nitrogen and oxygen atoms in total. The van der Waals surface area contributed by atoms with E-state index in [-0.39, 0.29) is 11.7 Å². The van der Waals surface area contributed by atoms with Crippen molar-refractivity contribution in [1.82, 2.24) is 4.98 Å². The fourth-order valence-electron chi connectivity index (χ4n) is 1.77. The maximum atomic E-state index is 13.5. The van der Waals surface area contributed by atoms with Crippen LogP contribution >= 0.6 is 0 Å². The van der Waals surface area contributed by atoms with Crippen molar-refractivity contribution in [3.8, 4) is 0 Å². The monoisotopic (exact) mass is 261 g/mol. The second kappa shape index (κ2) is 5.43. The molecular weight excluding hydrogens is 249 g/mol. The number of hydrogen-bond acceptors (Lipinski definition) is 4. The zero-order chi connectivity index (χ0) is 13.8. The molecule has 1 aromatic heterocycles. The van der Waals surface area contributed by atoms with Crippen LogP contribution in [0.1, 0.15) is 18.5 Å². The van der Waals surface area contributed by atoms with Crippen LogP contribution in [0.25, 0.3) is 0 Å². The Morgan fingerprint density at radius 1 is 1.37 bits per heavy atom. The molecule has 0 aliphatic rings. The number of para-hydroxylation sites is 1. The molecular formula is C13H12FN3O2. The Hall–Kier alpha value is -2.50. The topological polar surface area (TPSA) is 68.1 Å². The van der Waals surface area contributed by atoms with Gasteiger partial charge in [-0.1, -0.05) is 12.1 Å². The van der Waals surface area contributed by atoms with Gasteiger partial charge < -0.3 is 5.32 Å². The number of halogens is 1. The first-order valence-electron chi connectivity index (χ1n) is 5.69. The van der Waals surface area contributed by atoms with Gasteiger partial charge in [0.25, 0.3) is 0 Å². The minimum atomic E-state index is -0.853. The predicted molar refractivity (Wildman–Crippen MR) is 69.3 cm³/mol. The van der Waals surface area contributed by atoms with Gasteiger partial charge in [0.15, 0.2) is 0 Å². The Morgan fingerprint density at radius 3 is 2.79 bits per heavy atom. The third-order valence-electron chi connectivity index (χ3n) is 2.73. The van der Waals surface area contributed by atoms with E-state index >= 15 is 0 Å². The van der Waals surface area contributed by atoms with Gasteiger partial charge in [0.1, 0.15) is 5.69 Å². The third kappa shape index (κ3) is 2.85.